The second-order valence-corrected chi connectivity index (χ2v) is 2.88. The molecule has 0 spiro atoms. The van der Waals surface area contributed by atoms with E-state index in [1.807, 2.05) is 0 Å². The van der Waals surface area contributed by atoms with Crippen LogP contribution in [0.1, 0.15) is 5.56 Å². The van der Waals surface area contributed by atoms with Gasteiger partial charge in [0.25, 0.3) is 0 Å². The van der Waals surface area contributed by atoms with Gasteiger partial charge in [0.2, 0.25) is 0 Å². The third-order valence-electron chi connectivity index (χ3n) is 2.05. The quantitative estimate of drug-likeness (QED) is 0.681. The first kappa shape index (κ1) is 9.08. The maximum Gasteiger partial charge on any atom is 0.168 e. The number of nitrogens with one attached hydrogen (secondary N) is 1. The smallest absolute Gasteiger partial charge is 0.168 e. The second kappa shape index (κ2) is 3.02. The van der Waals surface area contributed by atoms with E-state index in [1.165, 1.54) is 6.20 Å². The van der Waals surface area contributed by atoms with Gasteiger partial charge in [-0.1, -0.05) is 0 Å². The van der Waals surface area contributed by atoms with E-state index in [1.54, 1.807) is 0 Å². The van der Waals surface area contributed by atoms with Crippen LogP contribution >= 0.6 is 0 Å². The zero-order chi connectivity index (χ0) is 10.3. The monoisotopic (exact) mass is 201 g/mol. The molecule has 0 aliphatic rings. The number of aromatic nitrogens is 1. The van der Waals surface area contributed by atoms with E-state index >= 15 is 0 Å². The molecule has 2 N–H and O–H groups in total. The topological polar surface area (TPSA) is 36.0 Å². The molecule has 0 fully saturated rings. The molecule has 2 aromatic rings. The number of fused-ring (bicyclic) bond motifs is 1. The molecule has 2 nitrogen and oxygen atoms in total. The third-order valence-corrected chi connectivity index (χ3v) is 2.05. The molecule has 0 aliphatic heterocycles. The van der Waals surface area contributed by atoms with E-state index in [4.69, 9.17) is 5.11 Å². The van der Waals surface area contributed by atoms with E-state index in [0.717, 1.165) is 0 Å². The van der Waals surface area contributed by atoms with Gasteiger partial charge in [-0.05, 0) is 0 Å². The van der Waals surface area contributed by atoms with E-state index in [2.05, 4.69) is 4.98 Å². The van der Waals surface area contributed by atoms with Gasteiger partial charge in [0, 0.05) is 23.2 Å². The van der Waals surface area contributed by atoms with Crippen molar-refractivity contribution in [3.63, 3.8) is 0 Å². The molecule has 1 aromatic carbocycles. The summed E-state index contributed by atoms with van der Waals surface area (Å²) in [6.45, 7) is -0.472. The number of rotatable bonds is 1. The number of hydrogen-bond donors (Lipinski definition) is 2. The molecule has 0 bridgehead atoms. The van der Waals surface area contributed by atoms with Crippen LogP contribution in [0, 0.1) is 17.5 Å². The van der Waals surface area contributed by atoms with Gasteiger partial charge >= 0.3 is 0 Å². The number of benzene rings is 1. The van der Waals surface area contributed by atoms with Crippen LogP contribution < -0.4 is 0 Å². The number of halogens is 3. The van der Waals surface area contributed by atoms with Gasteiger partial charge in [0.05, 0.1) is 12.1 Å². The van der Waals surface area contributed by atoms with Crippen molar-refractivity contribution in [2.24, 2.45) is 0 Å². The van der Waals surface area contributed by atoms with Crippen molar-refractivity contribution in [1.82, 2.24) is 4.98 Å². The molecule has 0 aliphatic carbocycles. The molecule has 0 atom stereocenters. The van der Waals surface area contributed by atoms with Crippen molar-refractivity contribution < 1.29 is 18.3 Å². The molecular weight excluding hydrogens is 195 g/mol. The molecule has 0 saturated heterocycles. The molecule has 14 heavy (non-hydrogen) atoms. The van der Waals surface area contributed by atoms with Gasteiger partial charge in [0.1, 0.15) is 5.82 Å². The number of hydrogen-bond acceptors (Lipinski definition) is 1. The number of aliphatic hydroxyl groups is 1. The second-order valence-electron chi connectivity index (χ2n) is 2.88. The molecular formula is C9H6F3NO. The van der Waals surface area contributed by atoms with Crippen LogP contribution in [0.5, 0.6) is 0 Å². The maximum absolute atomic E-state index is 13.2. The van der Waals surface area contributed by atoms with Crippen molar-refractivity contribution in [3.8, 4) is 0 Å². The highest BCUT2D eigenvalue weighted by Gasteiger charge is 2.16. The highest BCUT2D eigenvalue weighted by Crippen LogP contribution is 2.26. The summed E-state index contributed by atoms with van der Waals surface area (Å²) in [6.07, 6.45) is 1.25. The third kappa shape index (κ3) is 1.09. The van der Waals surface area contributed by atoms with Gasteiger partial charge in [-0.15, -0.1) is 0 Å². The summed E-state index contributed by atoms with van der Waals surface area (Å²) >= 11 is 0. The van der Waals surface area contributed by atoms with Crippen molar-refractivity contribution in [1.29, 1.82) is 0 Å². The Morgan fingerprint density at radius 3 is 2.57 bits per heavy atom. The predicted molar refractivity (Wildman–Crippen MR) is 44.1 cm³/mol. The van der Waals surface area contributed by atoms with E-state index < -0.39 is 24.1 Å². The molecule has 0 saturated carbocycles. The lowest BCUT2D eigenvalue weighted by Crippen LogP contribution is -1.91. The summed E-state index contributed by atoms with van der Waals surface area (Å²) in [5, 5.41) is 8.57. The van der Waals surface area contributed by atoms with E-state index in [9.17, 15) is 13.2 Å². The summed E-state index contributed by atoms with van der Waals surface area (Å²) in [4.78, 5) is 2.43. The Morgan fingerprint density at radius 2 is 1.93 bits per heavy atom. The van der Waals surface area contributed by atoms with E-state index in [0.29, 0.717) is 6.07 Å². The van der Waals surface area contributed by atoms with Gasteiger partial charge in [-0.3, -0.25) is 0 Å². The Morgan fingerprint density at radius 1 is 1.21 bits per heavy atom. The summed E-state index contributed by atoms with van der Waals surface area (Å²) in [5.74, 6) is -3.28. The van der Waals surface area contributed by atoms with Crippen molar-refractivity contribution in [3.05, 3.63) is 35.3 Å². The summed E-state index contributed by atoms with van der Waals surface area (Å²) in [6, 6.07) is 0.468. The SMILES string of the molecule is OCc1c[nH]c2c(F)cc(F)c(F)c12. The summed E-state index contributed by atoms with van der Waals surface area (Å²) in [5.41, 5.74) is 0.00356. The van der Waals surface area contributed by atoms with Crippen molar-refractivity contribution in [2.45, 2.75) is 6.61 Å². The summed E-state index contributed by atoms with van der Waals surface area (Å²) in [7, 11) is 0. The minimum absolute atomic E-state index is 0.132. The number of aliphatic hydroxyl groups excluding tert-OH is 1. The molecule has 1 heterocycles. The Hall–Kier alpha value is -1.49. The molecule has 2 rings (SSSR count). The normalized spacial score (nSPS) is 11.1. The van der Waals surface area contributed by atoms with Crippen molar-refractivity contribution >= 4 is 10.9 Å². The Labute approximate surface area is 77.0 Å². The maximum atomic E-state index is 13.2. The van der Waals surface area contributed by atoms with Gasteiger partial charge in [-0.25, -0.2) is 13.2 Å². The standard InChI is InChI=1S/C9H6F3NO/c10-5-1-6(11)9-7(8(5)12)4(3-14)2-13-9/h1-2,13-14H,3H2. The van der Waals surface area contributed by atoms with Crippen molar-refractivity contribution in [2.75, 3.05) is 0 Å². The van der Waals surface area contributed by atoms with Crippen LogP contribution in [-0.4, -0.2) is 10.1 Å². The van der Waals surface area contributed by atoms with Crippen LogP contribution in [-0.2, 0) is 6.61 Å². The number of aromatic amines is 1. The first-order chi connectivity index (χ1) is 6.65. The minimum Gasteiger partial charge on any atom is -0.392 e. The average molecular weight is 201 g/mol. The Kier molecular flexibility index (Phi) is 1.96. The number of H-pyrrole nitrogens is 1. The van der Waals surface area contributed by atoms with Crippen LogP contribution in [0.4, 0.5) is 13.2 Å². The largest absolute Gasteiger partial charge is 0.392 e. The fourth-order valence-electron chi connectivity index (χ4n) is 1.39. The lowest BCUT2D eigenvalue weighted by Gasteiger charge is -1.98. The molecule has 1 aromatic heterocycles. The Bertz CT molecular complexity index is 492. The molecule has 0 amide bonds. The molecule has 5 heteroatoms. The van der Waals surface area contributed by atoms with Crippen LogP contribution in [0.2, 0.25) is 0 Å². The lowest BCUT2D eigenvalue weighted by atomic mass is 10.1. The molecule has 0 radical (unpaired) electrons. The van der Waals surface area contributed by atoms with Gasteiger partial charge in [0.15, 0.2) is 11.6 Å². The van der Waals surface area contributed by atoms with Crippen LogP contribution in [0.3, 0.4) is 0 Å². The fraction of sp³-hybridized carbons (Fsp3) is 0.111. The first-order valence-electron chi connectivity index (χ1n) is 3.89. The highest BCUT2D eigenvalue weighted by molar-refractivity contribution is 5.84. The Balaban J connectivity index is 2.92. The van der Waals surface area contributed by atoms with Crippen LogP contribution in [0.15, 0.2) is 12.3 Å². The van der Waals surface area contributed by atoms with Crippen LogP contribution in [0.25, 0.3) is 10.9 Å². The fourth-order valence-corrected chi connectivity index (χ4v) is 1.39. The first-order valence-corrected chi connectivity index (χ1v) is 3.89. The predicted octanol–water partition coefficient (Wildman–Crippen LogP) is 2.08. The summed E-state index contributed by atoms with van der Waals surface area (Å²) < 4.78 is 39.0. The average Bonchev–Trinajstić information content (AvgIpc) is 2.58. The zero-order valence-electron chi connectivity index (χ0n) is 6.94. The zero-order valence-corrected chi connectivity index (χ0v) is 6.94. The molecule has 74 valence electrons. The van der Waals surface area contributed by atoms with Gasteiger partial charge < -0.3 is 10.1 Å². The lowest BCUT2D eigenvalue weighted by molar-refractivity contribution is 0.283. The highest BCUT2D eigenvalue weighted by atomic mass is 19.2. The minimum atomic E-state index is -1.26. The molecule has 0 unspecified atom stereocenters. The van der Waals surface area contributed by atoms with E-state index in [-0.39, 0.29) is 16.5 Å². The van der Waals surface area contributed by atoms with Gasteiger partial charge in [-0.2, -0.15) is 0 Å².